The number of rotatable bonds is 1. The first-order valence-corrected chi connectivity index (χ1v) is 5.64. The lowest BCUT2D eigenvalue weighted by atomic mass is 9.76. The van der Waals surface area contributed by atoms with Gasteiger partial charge in [0.2, 0.25) is 0 Å². The molecule has 0 aromatic heterocycles. The first-order valence-electron chi connectivity index (χ1n) is 5.64. The molecule has 15 heavy (non-hydrogen) atoms. The molecule has 1 aromatic rings. The van der Waals surface area contributed by atoms with Crippen molar-refractivity contribution in [2.45, 2.75) is 44.2 Å². The van der Waals surface area contributed by atoms with Crippen LogP contribution in [0, 0.1) is 6.92 Å². The molecule has 82 valence electrons. The van der Waals surface area contributed by atoms with Crippen molar-refractivity contribution >= 4 is 0 Å². The second kappa shape index (κ2) is 3.95. The van der Waals surface area contributed by atoms with Crippen LogP contribution in [-0.2, 0) is 5.54 Å². The molecule has 1 aromatic carbocycles. The lowest BCUT2D eigenvalue weighted by Crippen LogP contribution is -2.41. The standard InChI is InChI=1S/C13H19NO/c1-10-3-2-4-11(9-10)13(14)7-5-12(15)6-8-13/h2-4,9,12,15H,5-8,14H2,1H3. The van der Waals surface area contributed by atoms with E-state index in [0.29, 0.717) is 0 Å². The number of hydrogen-bond donors (Lipinski definition) is 2. The zero-order valence-electron chi connectivity index (χ0n) is 9.24. The number of aliphatic hydroxyl groups excluding tert-OH is 1. The average Bonchev–Trinajstić information content (AvgIpc) is 2.23. The van der Waals surface area contributed by atoms with E-state index in [0.717, 1.165) is 25.7 Å². The highest BCUT2D eigenvalue weighted by Crippen LogP contribution is 2.34. The van der Waals surface area contributed by atoms with Gasteiger partial charge in [0.05, 0.1) is 6.10 Å². The maximum absolute atomic E-state index is 9.49. The van der Waals surface area contributed by atoms with E-state index in [1.54, 1.807) is 0 Å². The minimum absolute atomic E-state index is 0.147. The Labute approximate surface area is 91.1 Å². The van der Waals surface area contributed by atoms with Gasteiger partial charge in [-0.15, -0.1) is 0 Å². The maximum atomic E-state index is 9.49. The highest BCUT2D eigenvalue weighted by molar-refractivity contribution is 5.29. The van der Waals surface area contributed by atoms with Gasteiger partial charge in [0.1, 0.15) is 0 Å². The van der Waals surface area contributed by atoms with E-state index in [9.17, 15) is 5.11 Å². The number of aryl methyl sites for hydroxylation is 1. The van der Waals surface area contributed by atoms with E-state index in [1.807, 2.05) is 0 Å². The van der Waals surface area contributed by atoms with E-state index in [-0.39, 0.29) is 11.6 Å². The summed E-state index contributed by atoms with van der Waals surface area (Å²) < 4.78 is 0. The van der Waals surface area contributed by atoms with Crippen LogP contribution in [0.1, 0.15) is 36.8 Å². The summed E-state index contributed by atoms with van der Waals surface area (Å²) in [6.07, 6.45) is 3.27. The van der Waals surface area contributed by atoms with Crippen LogP contribution in [0.15, 0.2) is 24.3 Å². The van der Waals surface area contributed by atoms with E-state index in [4.69, 9.17) is 5.73 Å². The SMILES string of the molecule is Cc1cccc(C2(N)CCC(O)CC2)c1. The molecule has 3 N–H and O–H groups in total. The molecular weight excluding hydrogens is 186 g/mol. The summed E-state index contributed by atoms with van der Waals surface area (Å²) >= 11 is 0. The third-order valence-electron chi connectivity index (χ3n) is 3.44. The number of aliphatic hydroxyl groups is 1. The van der Waals surface area contributed by atoms with Gasteiger partial charge in [-0.25, -0.2) is 0 Å². The van der Waals surface area contributed by atoms with E-state index < -0.39 is 0 Å². The van der Waals surface area contributed by atoms with Crippen molar-refractivity contribution in [1.29, 1.82) is 0 Å². The molecule has 0 radical (unpaired) electrons. The predicted octanol–water partition coefficient (Wildman–Crippen LogP) is 2.08. The largest absolute Gasteiger partial charge is 0.393 e. The Morgan fingerprint density at radius 3 is 2.60 bits per heavy atom. The monoisotopic (exact) mass is 205 g/mol. The Kier molecular flexibility index (Phi) is 2.81. The molecule has 1 aliphatic carbocycles. The van der Waals surface area contributed by atoms with Crippen LogP contribution >= 0.6 is 0 Å². The molecule has 0 amide bonds. The van der Waals surface area contributed by atoms with Gasteiger partial charge < -0.3 is 10.8 Å². The van der Waals surface area contributed by atoms with Crippen LogP contribution in [0.3, 0.4) is 0 Å². The highest BCUT2D eigenvalue weighted by Gasteiger charge is 2.32. The van der Waals surface area contributed by atoms with Gasteiger partial charge in [0.15, 0.2) is 0 Å². The fraction of sp³-hybridized carbons (Fsp3) is 0.538. The topological polar surface area (TPSA) is 46.2 Å². The smallest absolute Gasteiger partial charge is 0.0541 e. The minimum Gasteiger partial charge on any atom is -0.393 e. The van der Waals surface area contributed by atoms with E-state index >= 15 is 0 Å². The molecule has 0 saturated heterocycles. The van der Waals surface area contributed by atoms with Crippen molar-refractivity contribution in [3.63, 3.8) is 0 Å². The van der Waals surface area contributed by atoms with Crippen LogP contribution in [-0.4, -0.2) is 11.2 Å². The lowest BCUT2D eigenvalue weighted by Gasteiger charge is -2.36. The Bertz CT molecular complexity index is 340. The molecule has 2 nitrogen and oxygen atoms in total. The molecule has 0 aliphatic heterocycles. The molecule has 1 saturated carbocycles. The van der Waals surface area contributed by atoms with Gasteiger partial charge in [-0.1, -0.05) is 29.8 Å². The van der Waals surface area contributed by atoms with Crippen LogP contribution in [0.5, 0.6) is 0 Å². The summed E-state index contributed by atoms with van der Waals surface area (Å²) in [5.74, 6) is 0. The number of nitrogens with two attached hydrogens (primary N) is 1. The van der Waals surface area contributed by atoms with Gasteiger partial charge in [0.25, 0.3) is 0 Å². The predicted molar refractivity (Wildman–Crippen MR) is 61.5 cm³/mol. The minimum atomic E-state index is -0.217. The van der Waals surface area contributed by atoms with Crippen molar-refractivity contribution in [3.05, 3.63) is 35.4 Å². The van der Waals surface area contributed by atoms with Crippen molar-refractivity contribution in [3.8, 4) is 0 Å². The highest BCUT2D eigenvalue weighted by atomic mass is 16.3. The van der Waals surface area contributed by atoms with Crippen molar-refractivity contribution in [1.82, 2.24) is 0 Å². The molecule has 0 spiro atoms. The molecular formula is C13H19NO. The van der Waals surface area contributed by atoms with Crippen molar-refractivity contribution in [2.24, 2.45) is 5.73 Å². The maximum Gasteiger partial charge on any atom is 0.0541 e. The zero-order chi connectivity index (χ0) is 10.9. The van der Waals surface area contributed by atoms with Crippen LogP contribution in [0.4, 0.5) is 0 Å². The summed E-state index contributed by atoms with van der Waals surface area (Å²) in [6.45, 7) is 2.09. The number of benzene rings is 1. The summed E-state index contributed by atoms with van der Waals surface area (Å²) in [5.41, 5.74) is 8.65. The molecule has 1 aliphatic rings. The Balaban J connectivity index is 2.22. The first-order chi connectivity index (χ1) is 7.10. The molecule has 0 heterocycles. The normalized spacial score (nSPS) is 31.5. The van der Waals surface area contributed by atoms with Gasteiger partial charge >= 0.3 is 0 Å². The second-order valence-electron chi connectivity index (χ2n) is 4.76. The molecule has 1 fully saturated rings. The van der Waals surface area contributed by atoms with E-state index in [2.05, 4.69) is 31.2 Å². The average molecular weight is 205 g/mol. The number of hydrogen-bond acceptors (Lipinski definition) is 2. The van der Waals surface area contributed by atoms with Gasteiger partial charge in [0, 0.05) is 5.54 Å². The van der Waals surface area contributed by atoms with Crippen molar-refractivity contribution < 1.29 is 5.11 Å². The van der Waals surface area contributed by atoms with Crippen LogP contribution < -0.4 is 5.73 Å². The first kappa shape index (κ1) is 10.7. The van der Waals surface area contributed by atoms with Crippen molar-refractivity contribution in [2.75, 3.05) is 0 Å². The van der Waals surface area contributed by atoms with Crippen LogP contribution in [0.25, 0.3) is 0 Å². The summed E-state index contributed by atoms with van der Waals surface area (Å²) in [7, 11) is 0. The van der Waals surface area contributed by atoms with Gasteiger partial charge in [-0.3, -0.25) is 0 Å². The zero-order valence-corrected chi connectivity index (χ0v) is 9.24. The third-order valence-corrected chi connectivity index (χ3v) is 3.44. The van der Waals surface area contributed by atoms with E-state index in [1.165, 1.54) is 11.1 Å². The summed E-state index contributed by atoms with van der Waals surface area (Å²) in [6, 6.07) is 8.41. The third kappa shape index (κ3) is 2.21. The van der Waals surface area contributed by atoms with Crippen LogP contribution in [0.2, 0.25) is 0 Å². The lowest BCUT2D eigenvalue weighted by molar-refractivity contribution is 0.0969. The molecule has 0 bridgehead atoms. The fourth-order valence-corrected chi connectivity index (χ4v) is 2.36. The molecule has 0 atom stereocenters. The fourth-order valence-electron chi connectivity index (χ4n) is 2.36. The Hall–Kier alpha value is -0.860. The molecule has 2 rings (SSSR count). The Morgan fingerprint density at radius 1 is 1.33 bits per heavy atom. The van der Waals surface area contributed by atoms with Gasteiger partial charge in [-0.2, -0.15) is 0 Å². The summed E-state index contributed by atoms with van der Waals surface area (Å²) in [4.78, 5) is 0. The van der Waals surface area contributed by atoms with Gasteiger partial charge in [-0.05, 0) is 38.2 Å². The second-order valence-corrected chi connectivity index (χ2v) is 4.76. The molecule has 2 heteroatoms. The quantitative estimate of drug-likeness (QED) is 0.737. The Morgan fingerprint density at radius 2 is 2.00 bits per heavy atom. The summed E-state index contributed by atoms with van der Waals surface area (Å²) in [5, 5.41) is 9.49. The molecule has 0 unspecified atom stereocenters.